The number of amides is 1. The first kappa shape index (κ1) is 14.8. The summed E-state index contributed by atoms with van der Waals surface area (Å²) in [5, 5.41) is 4.10. The van der Waals surface area contributed by atoms with E-state index in [4.69, 9.17) is 4.74 Å². The topological polar surface area (TPSA) is 42.4 Å². The van der Waals surface area contributed by atoms with Gasteiger partial charge in [-0.2, -0.15) is 0 Å². The Balaban J connectivity index is 1.55. The van der Waals surface area contributed by atoms with Crippen molar-refractivity contribution in [1.82, 2.24) is 9.88 Å². The molecule has 118 valence electrons. The predicted molar refractivity (Wildman–Crippen MR) is 93.3 cm³/mol. The van der Waals surface area contributed by atoms with Crippen molar-refractivity contribution in [2.75, 3.05) is 19.7 Å². The number of ether oxygens (including phenoxy) is 1. The Morgan fingerprint density at radius 2 is 2.26 bits per heavy atom. The first-order valence-corrected chi connectivity index (χ1v) is 9.22. The van der Waals surface area contributed by atoms with Gasteiger partial charge in [0.15, 0.2) is 0 Å². The maximum atomic E-state index is 12.8. The van der Waals surface area contributed by atoms with Crippen molar-refractivity contribution in [3.05, 3.63) is 51.3 Å². The summed E-state index contributed by atoms with van der Waals surface area (Å²) in [5.41, 5.74) is 1.00. The monoisotopic (exact) mass is 344 g/mol. The fourth-order valence-electron chi connectivity index (χ4n) is 2.75. The van der Waals surface area contributed by atoms with Gasteiger partial charge >= 0.3 is 0 Å². The first-order valence-electron chi connectivity index (χ1n) is 7.52. The minimum absolute atomic E-state index is 0.0905. The Morgan fingerprint density at radius 3 is 3.04 bits per heavy atom. The van der Waals surface area contributed by atoms with E-state index < -0.39 is 0 Å². The van der Waals surface area contributed by atoms with Gasteiger partial charge in [-0.05, 0) is 24.4 Å². The number of aryl methyl sites for hydroxylation is 1. The van der Waals surface area contributed by atoms with Gasteiger partial charge in [0.25, 0.3) is 5.91 Å². The van der Waals surface area contributed by atoms with Crippen molar-refractivity contribution in [2.45, 2.75) is 13.0 Å². The van der Waals surface area contributed by atoms with Crippen molar-refractivity contribution >= 4 is 38.7 Å². The second kappa shape index (κ2) is 6.03. The Morgan fingerprint density at radius 1 is 1.39 bits per heavy atom. The number of fused-ring (bicyclic) bond motifs is 1. The molecule has 1 aliphatic heterocycles. The van der Waals surface area contributed by atoms with Crippen LogP contribution in [0.25, 0.3) is 10.1 Å². The summed E-state index contributed by atoms with van der Waals surface area (Å²) in [4.78, 5) is 20.0. The summed E-state index contributed by atoms with van der Waals surface area (Å²) in [5.74, 6) is 0.0905. The summed E-state index contributed by atoms with van der Waals surface area (Å²) in [6, 6.07) is 10.1. The molecule has 1 atom stereocenters. The molecule has 1 saturated heterocycles. The van der Waals surface area contributed by atoms with Crippen molar-refractivity contribution < 1.29 is 9.53 Å². The number of thiazole rings is 1. The highest BCUT2D eigenvalue weighted by atomic mass is 32.1. The second-order valence-corrected chi connectivity index (χ2v) is 7.56. The third-order valence-corrected chi connectivity index (χ3v) is 6.06. The number of carbonyl (C=O) groups is 1. The number of thiophene rings is 1. The molecule has 0 N–H and O–H groups in total. The highest BCUT2D eigenvalue weighted by molar-refractivity contribution is 7.20. The molecular formula is C17H16N2O2S2. The lowest BCUT2D eigenvalue weighted by molar-refractivity contribution is -0.0227. The summed E-state index contributed by atoms with van der Waals surface area (Å²) in [7, 11) is 0. The maximum Gasteiger partial charge on any atom is 0.264 e. The third kappa shape index (κ3) is 2.89. The van der Waals surface area contributed by atoms with Crippen LogP contribution < -0.4 is 0 Å². The van der Waals surface area contributed by atoms with Gasteiger partial charge in [-0.3, -0.25) is 4.79 Å². The molecule has 4 rings (SSSR count). The summed E-state index contributed by atoms with van der Waals surface area (Å²) < 4.78 is 6.96. The van der Waals surface area contributed by atoms with E-state index in [0.717, 1.165) is 25.7 Å². The van der Waals surface area contributed by atoms with Gasteiger partial charge in [-0.25, -0.2) is 4.98 Å². The number of morpholine rings is 1. The maximum absolute atomic E-state index is 12.8. The first-order chi connectivity index (χ1) is 11.2. The molecular weight excluding hydrogens is 328 g/mol. The van der Waals surface area contributed by atoms with Gasteiger partial charge in [-0.15, -0.1) is 22.7 Å². The van der Waals surface area contributed by atoms with Crippen LogP contribution in [0.15, 0.2) is 35.7 Å². The minimum atomic E-state index is -0.110. The smallest absolute Gasteiger partial charge is 0.264 e. The molecule has 4 nitrogen and oxygen atoms in total. The molecule has 0 unspecified atom stereocenters. The van der Waals surface area contributed by atoms with Crippen LogP contribution in [0, 0.1) is 6.92 Å². The van der Waals surface area contributed by atoms with Crippen LogP contribution in [0.5, 0.6) is 0 Å². The molecule has 1 aliphatic rings. The lowest BCUT2D eigenvalue weighted by Gasteiger charge is -2.31. The molecule has 0 radical (unpaired) electrons. The predicted octanol–water partition coefficient (Wildman–Crippen LogP) is 3.88. The highest BCUT2D eigenvalue weighted by Crippen LogP contribution is 2.29. The fraction of sp³-hybridized carbons (Fsp3) is 0.294. The molecule has 2 aromatic heterocycles. The second-order valence-electron chi connectivity index (χ2n) is 5.59. The molecule has 0 bridgehead atoms. The molecule has 3 heterocycles. The molecule has 3 aromatic rings. The van der Waals surface area contributed by atoms with Gasteiger partial charge in [0.05, 0.1) is 18.0 Å². The normalized spacial score (nSPS) is 18.5. The zero-order valence-corrected chi connectivity index (χ0v) is 14.3. The summed E-state index contributed by atoms with van der Waals surface area (Å²) >= 11 is 3.15. The van der Waals surface area contributed by atoms with Gasteiger partial charge < -0.3 is 9.64 Å². The average Bonchev–Trinajstić information content (AvgIpc) is 3.20. The Labute approximate surface area is 142 Å². The average molecular weight is 344 g/mol. The van der Waals surface area contributed by atoms with E-state index in [2.05, 4.69) is 11.1 Å². The van der Waals surface area contributed by atoms with Gasteiger partial charge in [0.1, 0.15) is 11.1 Å². The van der Waals surface area contributed by atoms with E-state index in [1.165, 1.54) is 0 Å². The van der Waals surface area contributed by atoms with Crippen molar-refractivity contribution in [1.29, 1.82) is 0 Å². The summed E-state index contributed by atoms with van der Waals surface area (Å²) in [6.45, 7) is 3.73. The van der Waals surface area contributed by atoms with Crippen molar-refractivity contribution in [3.8, 4) is 0 Å². The van der Waals surface area contributed by atoms with Crippen LogP contribution in [-0.2, 0) is 4.74 Å². The number of aromatic nitrogens is 1. The van der Waals surface area contributed by atoms with Crippen molar-refractivity contribution in [2.24, 2.45) is 0 Å². The number of hydrogen-bond acceptors (Lipinski definition) is 5. The minimum Gasteiger partial charge on any atom is -0.367 e. The Hall–Kier alpha value is -1.76. The lowest BCUT2D eigenvalue weighted by Crippen LogP contribution is -2.42. The molecule has 0 saturated carbocycles. The number of rotatable bonds is 2. The van der Waals surface area contributed by atoms with E-state index >= 15 is 0 Å². The van der Waals surface area contributed by atoms with E-state index in [-0.39, 0.29) is 12.0 Å². The largest absolute Gasteiger partial charge is 0.367 e. The quantitative estimate of drug-likeness (QED) is 0.708. The molecule has 1 amide bonds. The Kier molecular flexibility index (Phi) is 3.88. The van der Waals surface area contributed by atoms with E-state index in [1.807, 2.05) is 41.5 Å². The molecule has 1 aromatic carbocycles. The molecule has 6 heteroatoms. The van der Waals surface area contributed by atoms with Crippen molar-refractivity contribution in [3.63, 3.8) is 0 Å². The van der Waals surface area contributed by atoms with Crippen LogP contribution in [-0.4, -0.2) is 35.5 Å². The van der Waals surface area contributed by atoms with Gasteiger partial charge in [0.2, 0.25) is 0 Å². The number of hydrogen-bond donors (Lipinski definition) is 0. The highest BCUT2D eigenvalue weighted by Gasteiger charge is 2.28. The van der Waals surface area contributed by atoms with Crippen LogP contribution in [0.1, 0.15) is 26.5 Å². The molecule has 1 fully saturated rings. The SMILES string of the molecule is Cc1csc([C@H]2CN(C(=O)c3cc4ccccc4s3)CCO2)n1. The zero-order valence-electron chi connectivity index (χ0n) is 12.7. The summed E-state index contributed by atoms with van der Waals surface area (Å²) in [6.07, 6.45) is -0.110. The number of benzene rings is 1. The number of carbonyl (C=O) groups excluding carboxylic acids is 1. The lowest BCUT2D eigenvalue weighted by atomic mass is 10.2. The van der Waals surface area contributed by atoms with E-state index in [9.17, 15) is 4.79 Å². The molecule has 0 aliphatic carbocycles. The van der Waals surface area contributed by atoms with Crippen LogP contribution >= 0.6 is 22.7 Å². The number of nitrogens with zero attached hydrogens (tertiary/aromatic N) is 2. The van der Waals surface area contributed by atoms with E-state index in [0.29, 0.717) is 19.7 Å². The van der Waals surface area contributed by atoms with E-state index in [1.54, 1.807) is 22.7 Å². The van der Waals surface area contributed by atoms with Gasteiger partial charge in [0, 0.05) is 22.3 Å². The standard InChI is InChI=1S/C17H16N2O2S2/c1-11-10-22-16(18-11)13-9-19(6-7-21-13)17(20)15-8-12-4-2-3-5-14(12)23-15/h2-5,8,10,13H,6-7,9H2,1H3/t13-/m1/s1. The third-order valence-electron chi connectivity index (χ3n) is 3.90. The molecule has 0 spiro atoms. The molecule has 23 heavy (non-hydrogen) atoms. The van der Waals surface area contributed by atoms with Crippen LogP contribution in [0.3, 0.4) is 0 Å². The van der Waals surface area contributed by atoms with Gasteiger partial charge in [-0.1, -0.05) is 18.2 Å². The zero-order chi connectivity index (χ0) is 15.8. The fourth-order valence-corrected chi connectivity index (χ4v) is 4.61. The van der Waals surface area contributed by atoms with Crippen LogP contribution in [0.4, 0.5) is 0 Å². The Bertz CT molecular complexity index is 822. The van der Waals surface area contributed by atoms with Crippen LogP contribution in [0.2, 0.25) is 0 Å².